The first-order valence-electron chi connectivity index (χ1n) is 8.53. The van der Waals surface area contributed by atoms with Gasteiger partial charge in [0.15, 0.2) is 0 Å². The van der Waals surface area contributed by atoms with E-state index in [4.69, 9.17) is 11.6 Å². The van der Waals surface area contributed by atoms with Gasteiger partial charge in [0.05, 0.1) is 16.4 Å². The predicted octanol–water partition coefficient (Wildman–Crippen LogP) is 4.60. The summed E-state index contributed by atoms with van der Waals surface area (Å²) >= 11 is 6.48. The maximum absolute atomic E-state index is 6.48. The lowest BCUT2D eigenvalue weighted by Crippen LogP contribution is -2.38. The molecule has 0 fully saturated rings. The number of likely N-dealkylation sites (N-methyl/N-ethyl adjacent to an activating group) is 1. The summed E-state index contributed by atoms with van der Waals surface area (Å²) < 4.78 is 2.06. The van der Waals surface area contributed by atoms with Gasteiger partial charge >= 0.3 is 0 Å². The fraction of sp³-hybridized carbons (Fsp3) is 0.824. The molecule has 1 heterocycles. The fourth-order valence-corrected chi connectivity index (χ4v) is 3.31. The Labute approximate surface area is 135 Å². The summed E-state index contributed by atoms with van der Waals surface area (Å²) in [7, 11) is 0. The third-order valence-corrected chi connectivity index (χ3v) is 4.85. The van der Waals surface area contributed by atoms with Crippen LogP contribution in [0.2, 0.25) is 5.02 Å². The number of halogens is 1. The zero-order chi connectivity index (χ0) is 15.8. The summed E-state index contributed by atoms with van der Waals surface area (Å²) in [5.41, 5.74) is 2.14. The summed E-state index contributed by atoms with van der Waals surface area (Å²) in [6.45, 7) is 12.8. The van der Waals surface area contributed by atoms with Crippen LogP contribution in [0.15, 0.2) is 0 Å². The number of aryl methyl sites for hydroxylation is 2. The van der Waals surface area contributed by atoms with Gasteiger partial charge in [0.1, 0.15) is 0 Å². The van der Waals surface area contributed by atoms with Crippen LogP contribution in [0.25, 0.3) is 0 Å². The molecule has 0 saturated carbocycles. The van der Waals surface area contributed by atoms with Crippen LogP contribution >= 0.6 is 11.6 Å². The van der Waals surface area contributed by atoms with Crippen LogP contribution in [0.1, 0.15) is 64.8 Å². The van der Waals surface area contributed by atoms with E-state index in [1.54, 1.807) is 0 Å². The summed E-state index contributed by atoms with van der Waals surface area (Å²) in [5.74, 6) is 0.710. The number of nitrogens with one attached hydrogen (secondary N) is 1. The minimum Gasteiger partial charge on any atom is -0.314 e. The lowest BCUT2D eigenvalue weighted by molar-refractivity contribution is 0.314. The Balaban J connectivity index is 2.91. The van der Waals surface area contributed by atoms with Crippen molar-refractivity contribution in [1.29, 1.82) is 0 Å². The van der Waals surface area contributed by atoms with Gasteiger partial charge in [-0.2, -0.15) is 5.10 Å². The number of hydrogen-bond acceptors (Lipinski definition) is 2. The van der Waals surface area contributed by atoms with Gasteiger partial charge in [0.25, 0.3) is 0 Å². The van der Waals surface area contributed by atoms with E-state index in [9.17, 15) is 0 Å². The van der Waals surface area contributed by atoms with Crippen molar-refractivity contribution in [3.8, 4) is 0 Å². The first-order valence-corrected chi connectivity index (χ1v) is 8.91. The zero-order valence-electron chi connectivity index (χ0n) is 14.4. The van der Waals surface area contributed by atoms with Gasteiger partial charge in [-0.05, 0) is 32.7 Å². The molecule has 21 heavy (non-hydrogen) atoms. The third-order valence-electron chi connectivity index (χ3n) is 4.35. The second-order valence-corrected chi connectivity index (χ2v) is 6.22. The molecule has 122 valence electrons. The van der Waals surface area contributed by atoms with Gasteiger partial charge in [-0.15, -0.1) is 0 Å². The van der Waals surface area contributed by atoms with Crippen LogP contribution in [-0.4, -0.2) is 22.4 Å². The van der Waals surface area contributed by atoms with E-state index in [-0.39, 0.29) is 0 Å². The van der Waals surface area contributed by atoms with Crippen molar-refractivity contribution in [1.82, 2.24) is 15.1 Å². The van der Waals surface area contributed by atoms with Crippen LogP contribution in [0.4, 0.5) is 0 Å². The van der Waals surface area contributed by atoms with E-state index in [1.807, 2.05) is 6.92 Å². The Morgan fingerprint density at radius 3 is 2.48 bits per heavy atom. The Morgan fingerprint density at radius 1 is 1.24 bits per heavy atom. The molecule has 0 aliphatic rings. The van der Waals surface area contributed by atoms with Crippen molar-refractivity contribution >= 4 is 11.6 Å². The Hall–Kier alpha value is -0.540. The standard InChI is InChI=1S/C17H32ClN3/c1-6-10-11-14(7-2)15(19-8-3)12-16-17(18)13(5)20-21(16)9-4/h14-15,19H,6-12H2,1-5H3. The number of aromatic nitrogens is 2. The van der Waals surface area contributed by atoms with Crippen LogP contribution in [-0.2, 0) is 13.0 Å². The normalized spacial score (nSPS) is 14.4. The Kier molecular flexibility index (Phi) is 8.35. The van der Waals surface area contributed by atoms with Crippen molar-refractivity contribution in [3.63, 3.8) is 0 Å². The highest BCUT2D eigenvalue weighted by Gasteiger charge is 2.23. The summed E-state index contributed by atoms with van der Waals surface area (Å²) in [6, 6.07) is 0.491. The van der Waals surface area contributed by atoms with E-state index in [0.29, 0.717) is 12.0 Å². The smallest absolute Gasteiger partial charge is 0.0847 e. The van der Waals surface area contributed by atoms with Gasteiger partial charge in [0, 0.05) is 19.0 Å². The lowest BCUT2D eigenvalue weighted by Gasteiger charge is -2.27. The molecule has 0 aliphatic carbocycles. The average molecular weight is 314 g/mol. The summed E-state index contributed by atoms with van der Waals surface area (Å²) in [5, 5.41) is 9.08. The van der Waals surface area contributed by atoms with Crippen LogP contribution < -0.4 is 5.32 Å². The molecule has 1 aromatic heterocycles. The van der Waals surface area contributed by atoms with Crippen molar-refractivity contribution in [2.24, 2.45) is 5.92 Å². The molecule has 2 unspecified atom stereocenters. The Morgan fingerprint density at radius 2 is 1.95 bits per heavy atom. The van der Waals surface area contributed by atoms with Gasteiger partial charge in [-0.3, -0.25) is 4.68 Å². The number of nitrogens with zero attached hydrogens (tertiary/aromatic N) is 2. The molecule has 1 N–H and O–H groups in total. The first kappa shape index (κ1) is 18.5. The molecule has 1 rings (SSSR count). The maximum Gasteiger partial charge on any atom is 0.0847 e. The molecule has 4 heteroatoms. The van der Waals surface area contributed by atoms with E-state index < -0.39 is 0 Å². The van der Waals surface area contributed by atoms with E-state index in [2.05, 4.69) is 42.8 Å². The third kappa shape index (κ3) is 5.00. The molecule has 0 saturated heterocycles. The molecule has 0 radical (unpaired) electrons. The predicted molar refractivity (Wildman–Crippen MR) is 92.1 cm³/mol. The molecule has 0 bridgehead atoms. The quantitative estimate of drug-likeness (QED) is 0.684. The average Bonchev–Trinajstić information content (AvgIpc) is 2.75. The van der Waals surface area contributed by atoms with Crippen molar-refractivity contribution in [3.05, 3.63) is 16.4 Å². The molecular weight excluding hydrogens is 282 g/mol. The molecule has 1 aromatic rings. The van der Waals surface area contributed by atoms with Crippen LogP contribution in [0.3, 0.4) is 0 Å². The zero-order valence-corrected chi connectivity index (χ0v) is 15.1. The highest BCUT2D eigenvalue weighted by Crippen LogP contribution is 2.26. The molecule has 0 aliphatic heterocycles. The highest BCUT2D eigenvalue weighted by molar-refractivity contribution is 6.31. The van der Waals surface area contributed by atoms with Crippen LogP contribution in [0, 0.1) is 12.8 Å². The molecular formula is C17H32ClN3. The van der Waals surface area contributed by atoms with E-state index in [1.165, 1.54) is 31.4 Å². The SMILES string of the molecule is CCCCC(CC)C(Cc1c(Cl)c(C)nn1CC)NCC. The van der Waals surface area contributed by atoms with Crippen molar-refractivity contribution in [2.45, 2.75) is 79.3 Å². The highest BCUT2D eigenvalue weighted by atomic mass is 35.5. The maximum atomic E-state index is 6.48. The second-order valence-electron chi connectivity index (χ2n) is 5.84. The second kappa shape index (κ2) is 9.47. The van der Waals surface area contributed by atoms with Crippen LogP contribution in [0.5, 0.6) is 0 Å². The van der Waals surface area contributed by atoms with Gasteiger partial charge in [0.2, 0.25) is 0 Å². The van der Waals surface area contributed by atoms with E-state index >= 15 is 0 Å². The number of hydrogen-bond donors (Lipinski definition) is 1. The number of rotatable bonds is 10. The molecule has 0 aromatic carbocycles. The molecule has 2 atom stereocenters. The molecule has 0 amide bonds. The van der Waals surface area contributed by atoms with Crippen molar-refractivity contribution in [2.75, 3.05) is 6.54 Å². The minimum atomic E-state index is 0.491. The minimum absolute atomic E-state index is 0.491. The molecule has 3 nitrogen and oxygen atoms in total. The van der Waals surface area contributed by atoms with Gasteiger partial charge in [-0.1, -0.05) is 51.6 Å². The Bertz CT molecular complexity index is 414. The lowest BCUT2D eigenvalue weighted by atomic mass is 9.88. The number of unbranched alkanes of at least 4 members (excludes halogenated alkanes) is 1. The topological polar surface area (TPSA) is 29.9 Å². The van der Waals surface area contributed by atoms with Gasteiger partial charge in [-0.25, -0.2) is 0 Å². The first-order chi connectivity index (χ1) is 10.1. The monoisotopic (exact) mass is 313 g/mol. The summed E-state index contributed by atoms with van der Waals surface area (Å²) in [6.07, 6.45) is 6.06. The largest absolute Gasteiger partial charge is 0.314 e. The van der Waals surface area contributed by atoms with E-state index in [0.717, 1.165) is 30.2 Å². The molecule has 0 spiro atoms. The van der Waals surface area contributed by atoms with Crippen molar-refractivity contribution < 1.29 is 0 Å². The fourth-order valence-electron chi connectivity index (χ4n) is 3.10. The summed E-state index contributed by atoms with van der Waals surface area (Å²) in [4.78, 5) is 0. The van der Waals surface area contributed by atoms with Gasteiger partial charge < -0.3 is 5.32 Å².